The van der Waals surface area contributed by atoms with Crippen LogP contribution in [0.3, 0.4) is 0 Å². The molecular weight excluding hydrogens is 621 g/mol. The van der Waals surface area contributed by atoms with Gasteiger partial charge in [-0.1, -0.05) is 122 Å². The van der Waals surface area contributed by atoms with Gasteiger partial charge in [-0.2, -0.15) is 0 Å². The number of benzene rings is 6. The summed E-state index contributed by atoms with van der Waals surface area (Å²) >= 11 is 0. The summed E-state index contributed by atoms with van der Waals surface area (Å²) < 4.78 is 4.64. The van der Waals surface area contributed by atoms with E-state index in [0.717, 1.165) is 40.0 Å². The van der Waals surface area contributed by atoms with E-state index in [1.165, 1.54) is 49.7 Å². The molecule has 1 atom stereocenters. The van der Waals surface area contributed by atoms with Crippen molar-refractivity contribution in [1.29, 1.82) is 0 Å². The van der Waals surface area contributed by atoms with Gasteiger partial charge in [-0.3, -0.25) is 4.57 Å². The van der Waals surface area contributed by atoms with Gasteiger partial charge >= 0.3 is 0 Å². The van der Waals surface area contributed by atoms with Gasteiger partial charge in [0, 0.05) is 38.7 Å². The topological polar surface area (TPSA) is 35.6 Å². The number of para-hydroxylation sites is 2. The lowest BCUT2D eigenvalue weighted by atomic mass is 9.92. The molecule has 3 aromatic heterocycles. The highest BCUT2D eigenvalue weighted by Crippen LogP contribution is 2.39. The Morgan fingerprint density at radius 2 is 1.04 bits per heavy atom. The molecule has 9 aromatic rings. The highest BCUT2D eigenvalue weighted by molar-refractivity contribution is 6.10. The first-order valence-electron chi connectivity index (χ1n) is 17.6. The van der Waals surface area contributed by atoms with Crippen molar-refractivity contribution >= 4 is 38.8 Å². The van der Waals surface area contributed by atoms with Crippen molar-refractivity contribution in [2.24, 2.45) is 5.92 Å². The van der Waals surface area contributed by atoms with Crippen LogP contribution in [-0.4, -0.2) is 19.1 Å². The Balaban J connectivity index is 1.16. The zero-order valence-corrected chi connectivity index (χ0v) is 28.2. The lowest BCUT2D eigenvalue weighted by Crippen LogP contribution is -2.05. The van der Waals surface area contributed by atoms with Crippen molar-refractivity contribution in [1.82, 2.24) is 19.1 Å². The average Bonchev–Trinajstić information content (AvgIpc) is 3.70. The van der Waals surface area contributed by atoms with Crippen LogP contribution in [0.4, 0.5) is 0 Å². The molecule has 0 N–H and O–H groups in total. The normalized spacial score (nSPS) is 14.0. The fourth-order valence-electron chi connectivity index (χ4n) is 7.86. The molecule has 4 nitrogen and oxygen atoms in total. The first-order valence-corrected chi connectivity index (χ1v) is 17.6. The Kier molecular flexibility index (Phi) is 6.81. The van der Waals surface area contributed by atoms with E-state index >= 15 is 0 Å². The van der Waals surface area contributed by atoms with Crippen LogP contribution in [-0.2, 0) is 6.42 Å². The minimum absolute atomic E-state index is 0.503. The number of aromatic nitrogens is 4. The maximum atomic E-state index is 5.20. The Morgan fingerprint density at radius 1 is 0.490 bits per heavy atom. The first kappa shape index (κ1) is 29.4. The van der Waals surface area contributed by atoms with Crippen LogP contribution >= 0.6 is 0 Å². The molecular formula is C47H34N4. The van der Waals surface area contributed by atoms with Crippen LogP contribution in [0, 0.1) is 5.92 Å². The lowest BCUT2D eigenvalue weighted by molar-refractivity contribution is 0.718. The van der Waals surface area contributed by atoms with Crippen molar-refractivity contribution in [3.63, 3.8) is 0 Å². The number of nitrogens with zero attached hydrogens (tertiary/aromatic N) is 4. The first-order chi connectivity index (χ1) is 25.2. The SMILES string of the molecule is CC1C=Cc2c(c3cc(-c4ccc5c(c4)c4ccccc4n5-c4nc(-c5ccccc5)cc(-c5ccccc5)n4)ccc3n2-c2ccccc2)C1. The summed E-state index contributed by atoms with van der Waals surface area (Å²) in [5.41, 5.74) is 13.6. The zero-order valence-electron chi connectivity index (χ0n) is 28.2. The summed E-state index contributed by atoms with van der Waals surface area (Å²) in [5.74, 6) is 1.16. The van der Waals surface area contributed by atoms with E-state index < -0.39 is 0 Å². The zero-order chi connectivity index (χ0) is 33.9. The predicted octanol–water partition coefficient (Wildman–Crippen LogP) is 11.7. The summed E-state index contributed by atoms with van der Waals surface area (Å²) in [6, 6.07) is 56.0. The van der Waals surface area contributed by atoms with Crippen molar-refractivity contribution in [3.05, 3.63) is 175 Å². The Bertz CT molecular complexity index is 2710. The van der Waals surface area contributed by atoms with Gasteiger partial charge in [0.05, 0.1) is 27.9 Å². The third-order valence-corrected chi connectivity index (χ3v) is 10.3. The summed E-state index contributed by atoms with van der Waals surface area (Å²) in [5, 5.41) is 3.68. The van der Waals surface area contributed by atoms with Gasteiger partial charge in [-0.15, -0.1) is 0 Å². The molecule has 6 aromatic carbocycles. The molecule has 51 heavy (non-hydrogen) atoms. The van der Waals surface area contributed by atoms with Crippen LogP contribution in [0.2, 0.25) is 0 Å². The molecule has 242 valence electrons. The summed E-state index contributed by atoms with van der Waals surface area (Å²) in [6.07, 6.45) is 5.69. The quantitative estimate of drug-likeness (QED) is 0.185. The van der Waals surface area contributed by atoms with Crippen LogP contribution in [0.1, 0.15) is 18.2 Å². The second kappa shape index (κ2) is 11.8. The Hall–Kier alpha value is -6.52. The van der Waals surface area contributed by atoms with Gasteiger partial charge in [0.1, 0.15) is 0 Å². The second-order valence-corrected chi connectivity index (χ2v) is 13.6. The molecule has 1 aliphatic carbocycles. The maximum Gasteiger partial charge on any atom is 0.235 e. The highest BCUT2D eigenvalue weighted by Gasteiger charge is 2.22. The number of rotatable bonds is 5. The standard InChI is InChI=1S/C47H34N4/c1-31-21-24-44-38(27-31)40-29-35(22-25-45(40)50(44)36-17-9-4-10-18-36)34-23-26-46-39(28-34)37-19-11-12-20-43(37)51(46)47-48-41(32-13-5-2-6-14-32)30-42(49-47)33-15-7-3-8-16-33/h2-26,28-31H,27H2,1H3. The Labute approximate surface area is 296 Å². The molecule has 0 radical (unpaired) electrons. The fourth-order valence-corrected chi connectivity index (χ4v) is 7.86. The fraction of sp³-hybridized carbons (Fsp3) is 0.0638. The number of fused-ring (bicyclic) bond motifs is 6. The minimum atomic E-state index is 0.503. The van der Waals surface area contributed by atoms with Crippen molar-refractivity contribution < 1.29 is 0 Å². The maximum absolute atomic E-state index is 5.20. The van der Waals surface area contributed by atoms with Crippen LogP contribution < -0.4 is 0 Å². The Morgan fingerprint density at radius 3 is 1.71 bits per heavy atom. The smallest absolute Gasteiger partial charge is 0.235 e. The van der Waals surface area contributed by atoms with E-state index in [-0.39, 0.29) is 0 Å². The van der Waals surface area contributed by atoms with Gasteiger partial charge in [0.2, 0.25) is 5.95 Å². The van der Waals surface area contributed by atoms with Gasteiger partial charge in [-0.25, -0.2) is 9.97 Å². The lowest BCUT2D eigenvalue weighted by Gasteiger charge is -2.15. The third kappa shape index (κ3) is 4.91. The van der Waals surface area contributed by atoms with Crippen molar-refractivity contribution in [2.75, 3.05) is 0 Å². The molecule has 0 aliphatic heterocycles. The van der Waals surface area contributed by atoms with Gasteiger partial charge in [0.15, 0.2) is 0 Å². The number of hydrogen-bond acceptors (Lipinski definition) is 2. The van der Waals surface area contributed by atoms with Crippen LogP contribution in [0.25, 0.3) is 84.1 Å². The number of allylic oxidation sites excluding steroid dienone is 1. The largest absolute Gasteiger partial charge is 0.310 e. The molecule has 0 amide bonds. The summed E-state index contributed by atoms with van der Waals surface area (Å²) in [6.45, 7) is 2.31. The molecule has 3 heterocycles. The molecule has 1 unspecified atom stereocenters. The predicted molar refractivity (Wildman–Crippen MR) is 211 cm³/mol. The van der Waals surface area contributed by atoms with E-state index in [4.69, 9.17) is 9.97 Å². The number of hydrogen-bond donors (Lipinski definition) is 0. The monoisotopic (exact) mass is 654 g/mol. The van der Waals surface area contributed by atoms with Gasteiger partial charge in [0.25, 0.3) is 0 Å². The van der Waals surface area contributed by atoms with Crippen LogP contribution in [0.5, 0.6) is 0 Å². The molecule has 0 saturated carbocycles. The average molecular weight is 655 g/mol. The van der Waals surface area contributed by atoms with E-state index in [1.807, 2.05) is 12.1 Å². The van der Waals surface area contributed by atoms with E-state index in [2.05, 4.69) is 174 Å². The second-order valence-electron chi connectivity index (χ2n) is 13.6. The molecule has 0 spiro atoms. The van der Waals surface area contributed by atoms with Crippen molar-refractivity contribution in [3.8, 4) is 45.3 Å². The summed E-state index contributed by atoms with van der Waals surface area (Å²) in [7, 11) is 0. The molecule has 4 heteroatoms. The molecule has 0 saturated heterocycles. The van der Waals surface area contributed by atoms with Gasteiger partial charge in [-0.05, 0) is 83.6 Å². The third-order valence-electron chi connectivity index (χ3n) is 10.3. The molecule has 10 rings (SSSR count). The van der Waals surface area contributed by atoms with Crippen LogP contribution in [0.15, 0.2) is 164 Å². The highest BCUT2D eigenvalue weighted by atomic mass is 15.2. The van der Waals surface area contributed by atoms with E-state index in [9.17, 15) is 0 Å². The molecule has 0 fully saturated rings. The minimum Gasteiger partial charge on any atom is -0.310 e. The molecule has 0 bridgehead atoms. The van der Waals surface area contributed by atoms with E-state index in [0.29, 0.717) is 11.9 Å². The van der Waals surface area contributed by atoms with Gasteiger partial charge < -0.3 is 4.57 Å². The summed E-state index contributed by atoms with van der Waals surface area (Å²) in [4.78, 5) is 10.4. The van der Waals surface area contributed by atoms with E-state index in [1.54, 1.807) is 0 Å². The molecule has 1 aliphatic rings. The van der Waals surface area contributed by atoms with Crippen molar-refractivity contribution in [2.45, 2.75) is 13.3 Å².